The zero-order valence-electron chi connectivity index (χ0n) is 20.3. The molecule has 9 heteroatoms. The molecule has 0 aliphatic carbocycles. The molecule has 34 heavy (non-hydrogen) atoms. The summed E-state index contributed by atoms with van der Waals surface area (Å²) in [6, 6.07) is 12.5. The van der Waals surface area contributed by atoms with Gasteiger partial charge in [0, 0.05) is 23.8 Å². The number of hydrogen-bond acceptors (Lipinski definition) is 6. The Hall–Kier alpha value is -3.33. The number of carbonyl (C=O) groups is 2. The summed E-state index contributed by atoms with van der Waals surface area (Å²) in [6.45, 7) is 9.16. The lowest BCUT2D eigenvalue weighted by Gasteiger charge is -2.32. The summed E-state index contributed by atoms with van der Waals surface area (Å²) in [4.78, 5) is 26.5. The van der Waals surface area contributed by atoms with Crippen molar-refractivity contribution in [3.05, 3.63) is 60.2 Å². The van der Waals surface area contributed by atoms with Gasteiger partial charge in [-0.15, -0.1) is 0 Å². The second kappa shape index (κ2) is 11.7. The van der Waals surface area contributed by atoms with Crippen LogP contribution in [0.3, 0.4) is 0 Å². The molecule has 1 unspecified atom stereocenters. The maximum Gasteiger partial charge on any atom is 0.331 e. The molecular formula is C25H32N2O6S. The second-order valence-electron chi connectivity index (χ2n) is 8.25. The van der Waals surface area contributed by atoms with E-state index in [2.05, 4.69) is 4.72 Å². The fourth-order valence-corrected chi connectivity index (χ4v) is 4.43. The van der Waals surface area contributed by atoms with Crippen LogP contribution in [0.5, 0.6) is 5.75 Å². The first-order valence-electron chi connectivity index (χ1n) is 10.9. The molecule has 2 aromatic carbocycles. The fraction of sp³-hybridized carbons (Fsp3) is 0.360. The minimum atomic E-state index is -3.78. The first kappa shape index (κ1) is 26.9. The topological polar surface area (TPSA) is 102 Å². The standard InChI is InChI=1S/C25H32N2O6S/c1-17(2)27(18(3)4)25(29)19(5)33-24(28)16-9-20-7-14-23(15-8-20)34(30,31)26-21-10-12-22(32-6)13-11-21/h7-19,26H,1-6H3/b16-9+. The third-order valence-electron chi connectivity index (χ3n) is 4.95. The number of esters is 1. The third-order valence-corrected chi connectivity index (χ3v) is 6.35. The maximum atomic E-state index is 12.6. The number of hydrogen-bond donors (Lipinski definition) is 1. The van der Waals surface area contributed by atoms with Gasteiger partial charge < -0.3 is 14.4 Å². The Morgan fingerprint density at radius 2 is 1.47 bits per heavy atom. The lowest BCUT2D eigenvalue weighted by atomic mass is 10.2. The summed E-state index contributed by atoms with van der Waals surface area (Å²) in [5, 5.41) is 0. The van der Waals surface area contributed by atoms with E-state index in [-0.39, 0.29) is 22.9 Å². The van der Waals surface area contributed by atoms with E-state index in [1.807, 2.05) is 27.7 Å². The zero-order valence-corrected chi connectivity index (χ0v) is 21.1. The van der Waals surface area contributed by atoms with Gasteiger partial charge in [0.2, 0.25) is 0 Å². The first-order chi connectivity index (χ1) is 15.9. The molecular weight excluding hydrogens is 456 g/mol. The Morgan fingerprint density at radius 3 is 1.97 bits per heavy atom. The van der Waals surface area contributed by atoms with Crippen molar-refractivity contribution in [3.8, 4) is 5.75 Å². The monoisotopic (exact) mass is 488 g/mol. The maximum absolute atomic E-state index is 12.6. The molecule has 2 rings (SSSR count). The molecule has 0 saturated heterocycles. The zero-order chi connectivity index (χ0) is 25.5. The molecule has 2 aromatic rings. The average molecular weight is 489 g/mol. The smallest absolute Gasteiger partial charge is 0.331 e. The number of amides is 1. The van der Waals surface area contributed by atoms with Crippen molar-refractivity contribution in [1.82, 2.24) is 4.90 Å². The molecule has 0 heterocycles. The number of sulfonamides is 1. The van der Waals surface area contributed by atoms with Gasteiger partial charge in [-0.2, -0.15) is 0 Å². The molecule has 0 aliphatic rings. The highest BCUT2D eigenvalue weighted by atomic mass is 32.2. The van der Waals surface area contributed by atoms with Crippen molar-refractivity contribution in [1.29, 1.82) is 0 Å². The van der Waals surface area contributed by atoms with Crippen molar-refractivity contribution in [3.63, 3.8) is 0 Å². The molecule has 0 fully saturated rings. The van der Waals surface area contributed by atoms with E-state index in [1.54, 1.807) is 48.2 Å². The number of carbonyl (C=O) groups excluding carboxylic acids is 2. The van der Waals surface area contributed by atoms with Crippen LogP contribution in [0.1, 0.15) is 40.2 Å². The number of nitrogens with one attached hydrogen (secondary N) is 1. The first-order valence-corrected chi connectivity index (χ1v) is 12.4. The van der Waals surface area contributed by atoms with Crippen LogP contribution in [0.2, 0.25) is 0 Å². The molecule has 0 saturated carbocycles. The van der Waals surface area contributed by atoms with E-state index in [4.69, 9.17) is 9.47 Å². The summed E-state index contributed by atoms with van der Waals surface area (Å²) in [5.41, 5.74) is 1.01. The summed E-state index contributed by atoms with van der Waals surface area (Å²) in [6.07, 6.45) is 1.78. The van der Waals surface area contributed by atoms with Crippen LogP contribution >= 0.6 is 0 Å². The molecule has 0 spiro atoms. The molecule has 184 valence electrons. The Morgan fingerprint density at radius 1 is 0.912 bits per heavy atom. The highest BCUT2D eigenvalue weighted by Gasteiger charge is 2.27. The van der Waals surface area contributed by atoms with Crippen LogP contribution in [-0.2, 0) is 24.3 Å². The van der Waals surface area contributed by atoms with E-state index in [1.165, 1.54) is 31.4 Å². The Kier molecular flexibility index (Phi) is 9.26. The van der Waals surface area contributed by atoms with Gasteiger partial charge >= 0.3 is 5.97 Å². The van der Waals surface area contributed by atoms with Crippen LogP contribution in [0.15, 0.2) is 59.5 Å². The Labute approximate surface area is 201 Å². The van der Waals surface area contributed by atoms with Gasteiger partial charge in [-0.25, -0.2) is 13.2 Å². The van der Waals surface area contributed by atoms with Gasteiger partial charge in [-0.1, -0.05) is 12.1 Å². The van der Waals surface area contributed by atoms with Gasteiger partial charge in [-0.05, 0) is 82.7 Å². The van der Waals surface area contributed by atoms with E-state index in [0.29, 0.717) is 17.0 Å². The SMILES string of the molecule is COc1ccc(NS(=O)(=O)c2ccc(/C=C/C(=O)OC(C)C(=O)N(C(C)C)C(C)C)cc2)cc1. The molecule has 0 aromatic heterocycles. The van der Waals surface area contributed by atoms with Crippen LogP contribution < -0.4 is 9.46 Å². The fourth-order valence-electron chi connectivity index (χ4n) is 3.37. The Balaban J connectivity index is 2.00. The van der Waals surface area contributed by atoms with Crippen LogP contribution in [0, 0.1) is 0 Å². The minimum Gasteiger partial charge on any atom is -0.497 e. The molecule has 1 amide bonds. The molecule has 0 aliphatic heterocycles. The van der Waals surface area contributed by atoms with E-state index >= 15 is 0 Å². The average Bonchev–Trinajstić information content (AvgIpc) is 2.77. The van der Waals surface area contributed by atoms with Crippen molar-refractivity contribution >= 4 is 33.7 Å². The molecule has 0 bridgehead atoms. The Bertz CT molecular complexity index is 1100. The molecule has 0 radical (unpaired) electrons. The highest BCUT2D eigenvalue weighted by molar-refractivity contribution is 7.92. The quantitative estimate of drug-likeness (QED) is 0.399. The van der Waals surface area contributed by atoms with Gasteiger partial charge in [-0.3, -0.25) is 9.52 Å². The van der Waals surface area contributed by atoms with Gasteiger partial charge in [0.25, 0.3) is 15.9 Å². The predicted octanol–water partition coefficient (Wildman–Crippen LogP) is 4.09. The lowest BCUT2D eigenvalue weighted by Crippen LogP contribution is -2.47. The van der Waals surface area contributed by atoms with Crippen molar-refractivity contribution in [2.75, 3.05) is 11.8 Å². The predicted molar refractivity (Wildman–Crippen MR) is 132 cm³/mol. The van der Waals surface area contributed by atoms with Crippen molar-refractivity contribution in [2.45, 2.75) is 57.7 Å². The van der Waals surface area contributed by atoms with Crippen LogP contribution in [-0.4, -0.2) is 50.5 Å². The number of rotatable bonds is 10. The number of ether oxygens (including phenoxy) is 2. The lowest BCUT2D eigenvalue weighted by molar-refractivity contribution is -0.157. The summed E-state index contributed by atoms with van der Waals surface area (Å²) in [7, 11) is -2.25. The van der Waals surface area contributed by atoms with Crippen LogP contribution in [0.25, 0.3) is 6.08 Å². The third kappa shape index (κ3) is 7.34. The summed E-state index contributed by atoms with van der Waals surface area (Å²) < 4.78 is 38.0. The molecule has 8 nitrogen and oxygen atoms in total. The van der Waals surface area contributed by atoms with E-state index in [0.717, 1.165) is 0 Å². The highest BCUT2D eigenvalue weighted by Crippen LogP contribution is 2.20. The normalized spacial score (nSPS) is 12.6. The number of benzene rings is 2. The van der Waals surface area contributed by atoms with Gasteiger partial charge in [0.15, 0.2) is 6.10 Å². The minimum absolute atomic E-state index is 0.0156. The van der Waals surface area contributed by atoms with Crippen molar-refractivity contribution in [2.24, 2.45) is 0 Å². The van der Waals surface area contributed by atoms with E-state index < -0.39 is 22.1 Å². The van der Waals surface area contributed by atoms with Gasteiger partial charge in [0.05, 0.1) is 12.0 Å². The van der Waals surface area contributed by atoms with Gasteiger partial charge in [0.1, 0.15) is 5.75 Å². The molecule has 1 atom stereocenters. The number of methoxy groups -OCH3 is 1. The summed E-state index contributed by atoms with van der Waals surface area (Å²) in [5.74, 6) is -0.301. The van der Waals surface area contributed by atoms with Crippen molar-refractivity contribution < 1.29 is 27.5 Å². The van der Waals surface area contributed by atoms with E-state index in [9.17, 15) is 18.0 Å². The number of anilines is 1. The second-order valence-corrected chi connectivity index (χ2v) is 9.93. The van der Waals surface area contributed by atoms with Crippen LogP contribution in [0.4, 0.5) is 5.69 Å². The summed E-state index contributed by atoms with van der Waals surface area (Å²) >= 11 is 0. The largest absolute Gasteiger partial charge is 0.497 e. The molecule has 1 N–H and O–H groups in total. The number of nitrogens with zero attached hydrogens (tertiary/aromatic N) is 1.